The fourth-order valence-electron chi connectivity index (χ4n) is 2.56. The van der Waals surface area contributed by atoms with Crippen molar-refractivity contribution in [3.63, 3.8) is 0 Å². The van der Waals surface area contributed by atoms with Crippen molar-refractivity contribution in [3.05, 3.63) is 65.0 Å². The first-order valence-electron chi connectivity index (χ1n) is 9.02. The second-order valence-corrected chi connectivity index (χ2v) is 6.10. The van der Waals surface area contributed by atoms with Crippen molar-refractivity contribution in [3.8, 4) is 0 Å². The van der Waals surface area contributed by atoms with E-state index in [1.165, 1.54) is 36.4 Å². The highest BCUT2D eigenvalue weighted by molar-refractivity contribution is 6.11. The minimum absolute atomic E-state index is 0.0842. The summed E-state index contributed by atoms with van der Waals surface area (Å²) in [6.07, 6.45) is -1.35. The second kappa shape index (κ2) is 10.6. The smallest absolute Gasteiger partial charge is 0.405 e. The van der Waals surface area contributed by atoms with Crippen LogP contribution < -0.4 is 21.3 Å². The maximum Gasteiger partial charge on any atom is 0.405 e. The molecule has 5 N–H and O–H groups in total. The Kier molecular flexibility index (Phi) is 7.86. The molecule has 0 fully saturated rings. The van der Waals surface area contributed by atoms with E-state index in [1.807, 2.05) is 5.32 Å². The van der Waals surface area contributed by atoms with Crippen LogP contribution in [0.15, 0.2) is 42.5 Å². The molecule has 0 aliphatic heterocycles. The molecule has 0 atom stereocenters. The van der Waals surface area contributed by atoms with Crippen molar-refractivity contribution in [2.45, 2.75) is 13.5 Å². The van der Waals surface area contributed by atoms with Gasteiger partial charge < -0.3 is 26.4 Å². The van der Waals surface area contributed by atoms with Gasteiger partial charge in [-0.05, 0) is 36.8 Å². The maximum absolute atomic E-state index is 14.1. The lowest BCUT2D eigenvalue weighted by atomic mass is 9.97. The zero-order valence-electron chi connectivity index (χ0n) is 16.1. The number of carbonyl (C=O) groups is 4. The number of hydrogen-bond acceptors (Lipinski definition) is 4. The van der Waals surface area contributed by atoms with Gasteiger partial charge in [0.2, 0.25) is 5.91 Å². The monoisotopic (exact) mass is 416 g/mol. The minimum Gasteiger partial charge on any atom is -0.465 e. The van der Waals surface area contributed by atoms with E-state index >= 15 is 0 Å². The number of urea groups is 1. The van der Waals surface area contributed by atoms with Crippen LogP contribution in [0.1, 0.15) is 28.4 Å². The van der Waals surface area contributed by atoms with Crippen LogP contribution in [0.3, 0.4) is 0 Å². The summed E-state index contributed by atoms with van der Waals surface area (Å²) in [5, 5.41) is 18.1. The maximum atomic E-state index is 14.1. The zero-order chi connectivity index (χ0) is 22.1. The van der Waals surface area contributed by atoms with Crippen molar-refractivity contribution >= 4 is 29.5 Å². The van der Waals surface area contributed by atoms with Crippen molar-refractivity contribution in [1.29, 1.82) is 0 Å². The zero-order valence-corrected chi connectivity index (χ0v) is 16.1. The average Bonchev–Trinajstić information content (AvgIpc) is 2.71. The van der Waals surface area contributed by atoms with Gasteiger partial charge in [-0.15, -0.1) is 0 Å². The molecule has 2 aromatic rings. The average molecular weight is 416 g/mol. The number of halogens is 1. The Balaban J connectivity index is 2.30. The number of hydrogen-bond donors (Lipinski definition) is 5. The lowest BCUT2D eigenvalue weighted by molar-refractivity contribution is -0.120. The molecule has 0 bridgehead atoms. The largest absolute Gasteiger partial charge is 0.465 e. The molecule has 0 saturated heterocycles. The Morgan fingerprint density at radius 3 is 2.37 bits per heavy atom. The summed E-state index contributed by atoms with van der Waals surface area (Å²) in [5.41, 5.74) is 0.602. The van der Waals surface area contributed by atoms with Crippen molar-refractivity contribution < 1.29 is 28.7 Å². The predicted molar refractivity (Wildman–Crippen MR) is 107 cm³/mol. The molecule has 2 aromatic carbocycles. The van der Waals surface area contributed by atoms with Gasteiger partial charge in [0.1, 0.15) is 5.82 Å². The Bertz CT molecular complexity index is 964. The van der Waals surface area contributed by atoms with E-state index in [0.717, 1.165) is 6.07 Å². The first-order valence-corrected chi connectivity index (χ1v) is 9.02. The number of ketones is 1. The molecular weight excluding hydrogens is 395 g/mol. The van der Waals surface area contributed by atoms with Gasteiger partial charge in [0.05, 0.1) is 12.1 Å². The Morgan fingerprint density at radius 1 is 0.967 bits per heavy atom. The molecule has 9 nitrogen and oxygen atoms in total. The van der Waals surface area contributed by atoms with Crippen LogP contribution in [-0.2, 0) is 11.3 Å². The van der Waals surface area contributed by atoms with Gasteiger partial charge >= 0.3 is 12.1 Å². The Hall–Kier alpha value is -3.95. The SMILES string of the molecule is CCNC(=O)Nc1ccc(CNC(=O)CNC(=O)O)c(C(=O)c2ccccc2F)c1. The predicted octanol–water partition coefficient (Wildman–Crippen LogP) is 2.08. The molecular formula is C20H21FN4O5. The number of benzene rings is 2. The van der Waals surface area contributed by atoms with Crippen LogP contribution in [0.5, 0.6) is 0 Å². The molecule has 0 aliphatic rings. The molecule has 0 saturated carbocycles. The third kappa shape index (κ3) is 6.30. The molecule has 0 spiro atoms. The van der Waals surface area contributed by atoms with E-state index in [4.69, 9.17) is 5.11 Å². The third-order valence-electron chi connectivity index (χ3n) is 3.94. The van der Waals surface area contributed by atoms with Crippen molar-refractivity contribution in [1.82, 2.24) is 16.0 Å². The quantitative estimate of drug-likeness (QED) is 0.420. The van der Waals surface area contributed by atoms with Crippen LogP contribution in [0.4, 0.5) is 19.7 Å². The van der Waals surface area contributed by atoms with Gasteiger partial charge in [0, 0.05) is 24.3 Å². The lowest BCUT2D eigenvalue weighted by Crippen LogP contribution is -2.36. The van der Waals surface area contributed by atoms with Crippen molar-refractivity contribution in [2.24, 2.45) is 0 Å². The van der Waals surface area contributed by atoms with Gasteiger partial charge in [-0.25, -0.2) is 14.0 Å². The summed E-state index contributed by atoms with van der Waals surface area (Å²) in [4.78, 5) is 46.9. The Morgan fingerprint density at radius 2 is 1.70 bits per heavy atom. The number of anilines is 1. The van der Waals surface area contributed by atoms with Gasteiger partial charge in [-0.1, -0.05) is 18.2 Å². The first-order chi connectivity index (χ1) is 14.3. The van der Waals surface area contributed by atoms with Crippen LogP contribution >= 0.6 is 0 Å². The van der Waals surface area contributed by atoms with Gasteiger partial charge in [0.25, 0.3) is 0 Å². The summed E-state index contributed by atoms with van der Waals surface area (Å²) in [5.74, 6) is -1.93. The van der Waals surface area contributed by atoms with E-state index in [-0.39, 0.29) is 17.7 Å². The summed E-state index contributed by atoms with van der Waals surface area (Å²) >= 11 is 0. The van der Waals surface area contributed by atoms with E-state index in [2.05, 4.69) is 16.0 Å². The number of carbonyl (C=O) groups excluding carboxylic acids is 3. The van der Waals surface area contributed by atoms with Crippen LogP contribution in [0.2, 0.25) is 0 Å². The topological polar surface area (TPSA) is 137 Å². The highest BCUT2D eigenvalue weighted by atomic mass is 19.1. The van der Waals surface area contributed by atoms with Crippen molar-refractivity contribution in [2.75, 3.05) is 18.4 Å². The van der Waals surface area contributed by atoms with E-state index in [1.54, 1.807) is 6.92 Å². The minimum atomic E-state index is -1.35. The van der Waals surface area contributed by atoms with Gasteiger partial charge in [-0.3, -0.25) is 9.59 Å². The summed E-state index contributed by atoms with van der Waals surface area (Å²) in [7, 11) is 0. The molecule has 0 heterocycles. The first kappa shape index (κ1) is 22.3. The summed E-state index contributed by atoms with van der Waals surface area (Å²) in [6.45, 7) is 1.60. The summed E-state index contributed by atoms with van der Waals surface area (Å²) in [6, 6.07) is 9.43. The number of amides is 4. The molecule has 0 aliphatic carbocycles. The van der Waals surface area contributed by atoms with E-state index in [0.29, 0.717) is 17.8 Å². The van der Waals surface area contributed by atoms with E-state index < -0.39 is 36.2 Å². The highest BCUT2D eigenvalue weighted by Crippen LogP contribution is 2.21. The highest BCUT2D eigenvalue weighted by Gasteiger charge is 2.18. The second-order valence-electron chi connectivity index (χ2n) is 6.10. The van der Waals surface area contributed by atoms with Gasteiger partial charge in [-0.2, -0.15) is 0 Å². The van der Waals surface area contributed by atoms with Gasteiger partial charge in [0.15, 0.2) is 5.78 Å². The number of rotatable bonds is 8. The molecule has 0 aromatic heterocycles. The molecule has 30 heavy (non-hydrogen) atoms. The molecule has 0 radical (unpaired) electrons. The standard InChI is InChI=1S/C20H21FN4O5/c1-2-22-19(28)25-13-8-7-12(10-23-17(26)11-24-20(29)30)15(9-13)18(27)14-5-3-4-6-16(14)21/h3-9,24H,2,10-11H2,1H3,(H,23,26)(H,29,30)(H2,22,25,28). The fourth-order valence-corrected chi connectivity index (χ4v) is 2.56. The molecule has 4 amide bonds. The normalized spacial score (nSPS) is 10.1. The number of nitrogens with one attached hydrogen (secondary N) is 4. The Labute approximate surface area is 171 Å². The van der Waals surface area contributed by atoms with Crippen LogP contribution in [0.25, 0.3) is 0 Å². The molecule has 0 unspecified atom stereocenters. The summed E-state index contributed by atoms with van der Waals surface area (Å²) < 4.78 is 14.1. The fraction of sp³-hybridized carbons (Fsp3) is 0.200. The van der Waals surface area contributed by atoms with Crippen LogP contribution in [0, 0.1) is 5.82 Å². The van der Waals surface area contributed by atoms with Crippen LogP contribution in [-0.4, -0.2) is 42.0 Å². The van der Waals surface area contributed by atoms with E-state index in [9.17, 15) is 23.6 Å². The lowest BCUT2D eigenvalue weighted by Gasteiger charge is -2.14. The number of carboxylic acid groups (broad SMARTS) is 1. The molecule has 158 valence electrons. The third-order valence-corrected chi connectivity index (χ3v) is 3.94. The molecule has 10 heteroatoms. The molecule has 2 rings (SSSR count).